The summed E-state index contributed by atoms with van der Waals surface area (Å²) in [5.74, 6) is 5.50. The molecule has 25 heavy (non-hydrogen) atoms. The molecule has 1 aliphatic carbocycles. The Morgan fingerprint density at radius 2 is 1.96 bits per heavy atom. The molecule has 3 aliphatic rings. The number of nitrogens with one attached hydrogen (secondary N) is 1. The summed E-state index contributed by atoms with van der Waals surface area (Å²) in [5.41, 5.74) is 0. The summed E-state index contributed by atoms with van der Waals surface area (Å²) in [6.45, 7) is 6.82. The highest BCUT2D eigenvalue weighted by Crippen LogP contribution is 2.49. The van der Waals surface area contributed by atoms with Crippen molar-refractivity contribution in [2.24, 2.45) is 24.8 Å². The second kappa shape index (κ2) is 6.17. The van der Waals surface area contributed by atoms with E-state index >= 15 is 0 Å². The first-order valence-corrected chi connectivity index (χ1v) is 9.43. The van der Waals surface area contributed by atoms with Crippen LogP contribution in [-0.4, -0.2) is 67.2 Å². The minimum absolute atomic E-state index is 0.526. The number of aromatic nitrogens is 6. The lowest BCUT2D eigenvalue weighted by Gasteiger charge is -2.31. The molecule has 0 spiro atoms. The van der Waals surface area contributed by atoms with E-state index in [1.165, 1.54) is 45.6 Å². The minimum Gasteiger partial charge on any atom is -0.316 e. The molecule has 5 rings (SSSR count). The van der Waals surface area contributed by atoms with Crippen LogP contribution in [0.5, 0.6) is 0 Å². The fraction of sp³-hybridized carbons (Fsp3) is 0.765. The molecule has 2 aromatic rings. The summed E-state index contributed by atoms with van der Waals surface area (Å²) in [7, 11) is 2.08. The minimum atomic E-state index is 0.526. The van der Waals surface area contributed by atoms with Crippen molar-refractivity contribution in [2.75, 3.05) is 32.7 Å². The zero-order valence-corrected chi connectivity index (χ0v) is 14.8. The smallest absolute Gasteiger partial charge is 0.154 e. The monoisotopic (exact) mass is 342 g/mol. The van der Waals surface area contributed by atoms with E-state index in [1.807, 2.05) is 0 Å². The van der Waals surface area contributed by atoms with Crippen LogP contribution in [0.2, 0.25) is 0 Å². The van der Waals surface area contributed by atoms with Crippen molar-refractivity contribution in [3.63, 3.8) is 0 Å². The molecule has 2 aromatic heterocycles. The van der Waals surface area contributed by atoms with Gasteiger partial charge in [0.15, 0.2) is 5.82 Å². The van der Waals surface area contributed by atoms with Crippen LogP contribution in [0.4, 0.5) is 0 Å². The van der Waals surface area contributed by atoms with Crippen molar-refractivity contribution in [1.82, 2.24) is 39.7 Å². The third-order valence-electron chi connectivity index (χ3n) is 6.46. The van der Waals surface area contributed by atoms with E-state index in [-0.39, 0.29) is 0 Å². The van der Waals surface area contributed by atoms with Crippen LogP contribution in [0.15, 0.2) is 12.7 Å². The summed E-state index contributed by atoms with van der Waals surface area (Å²) < 4.78 is 3.94. The van der Waals surface area contributed by atoms with E-state index in [9.17, 15) is 0 Å². The van der Waals surface area contributed by atoms with Crippen LogP contribution in [-0.2, 0) is 13.6 Å². The first-order valence-electron chi connectivity index (χ1n) is 9.43. The van der Waals surface area contributed by atoms with Crippen molar-refractivity contribution in [3.8, 4) is 0 Å². The summed E-state index contributed by atoms with van der Waals surface area (Å²) in [6.07, 6.45) is 5.65. The Bertz CT molecular complexity index is 705. The Kier molecular flexibility index (Phi) is 3.82. The molecule has 8 nitrogen and oxygen atoms in total. The Hall–Kier alpha value is -1.80. The molecule has 3 fully saturated rings. The van der Waals surface area contributed by atoms with Crippen molar-refractivity contribution in [1.29, 1.82) is 0 Å². The van der Waals surface area contributed by atoms with Crippen LogP contribution in [0, 0.1) is 17.8 Å². The summed E-state index contributed by atoms with van der Waals surface area (Å²) in [4.78, 5) is 6.66. The number of fused-ring (bicyclic) bond motifs is 1. The number of rotatable bonds is 5. The van der Waals surface area contributed by atoms with Crippen LogP contribution >= 0.6 is 0 Å². The average molecular weight is 342 g/mol. The highest BCUT2D eigenvalue weighted by molar-refractivity contribution is 5.07. The van der Waals surface area contributed by atoms with Gasteiger partial charge in [-0.25, -0.2) is 9.67 Å². The van der Waals surface area contributed by atoms with E-state index < -0.39 is 0 Å². The highest BCUT2D eigenvalue weighted by Gasteiger charge is 2.52. The standard InChI is InChI=1S/C17H26N8/c1-23-16(9-25-11-19-10-20-25)21-22-17(23)12-2-4-24(5-3-12)8-15-13-6-18-7-14(13)15/h10-15,18H,2-9H2,1H3/t13-,14+,15?. The zero-order chi connectivity index (χ0) is 16.8. The van der Waals surface area contributed by atoms with Crippen molar-refractivity contribution in [3.05, 3.63) is 24.3 Å². The van der Waals surface area contributed by atoms with Gasteiger partial charge in [-0.3, -0.25) is 0 Å². The van der Waals surface area contributed by atoms with Crippen LogP contribution < -0.4 is 5.32 Å². The van der Waals surface area contributed by atoms with Crippen molar-refractivity contribution in [2.45, 2.75) is 25.3 Å². The maximum atomic E-state index is 4.49. The molecule has 4 heterocycles. The molecular weight excluding hydrogens is 316 g/mol. The van der Waals surface area contributed by atoms with E-state index in [4.69, 9.17) is 0 Å². The lowest BCUT2D eigenvalue weighted by Crippen LogP contribution is -2.36. The Labute approximate surface area is 147 Å². The van der Waals surface area contributed by atoms with Crippen LogP contribution in [0.25, 0.3) is 0 Å². The van der Waals surface area contributed by atoms with Crippen molar-refractivity contribution < 1.29 is 0 Å². The molecular formula is C17H26N8. The number of likely N-dealkylation sites (tertiary alicyclic amines) is 1. The number of hydrogen-bond donors (Lipinski definition) is 1. The van der Waals surface area contributed by atoms with Gasteiger partial charge < -0.3 is 14.8 Å². The summed E-state index contributed by atoms with van der Waals surface area (Å²) >= 11 is 0. The lowest BCUT2D eigenvalue weighted by atomic mass is 9.95. The maximum Gasteiger partial charge on any atom is 0.154 e. The van der Waals surface area contributed by atoms with E-state index in [0.717, 1.165) is 29.4 Å². The Morgan fingerprint density at radius 3 is 2.68 bits per heavy atom. The van der Waals surface area contributed by atoms with E-state index in [1.54, 1.807) is 17.3 Å². The highest BCUT2D eigenvalue weighted by atomic mass is 15.4. The molecule has 2 aliphatic heterocycles. The molecule has 1 unspecified atom stereocenters. The quantitative estimate of drug-likeness (QED) is 0.830. The molecule has 0 aromatic carbocycles. The third-order valence-corrected chi connectivity index (χ3v) is 6.46. The largest absolute Gasteiger partial charge is 0.316 e. The fourth-order valence-corrected chi connectivity index (χ4v) is 4.82. The van der Waals surface area contributed by atoms with Crippen LogP contribution in [0.1, 0.15) is 30.4 Å². The maximum absolute atomic E-state index is 4.49. The molecule has 134 valence electrons. The Balaban J connectivity index is 1.17. The van der Waals surface area contributed by atoms with Gasteiger partial charge >= 0.3 is 0 Å². The normalized spacial score (nSPS) is 29.9. The molecule has 1 N–H and O–H groups in total. The van der Waals surface area contributed by atoms with Gasteiger partial charge in [0.05, 0.1) is 0 Å². The van der Waals surface area contributed by atoms with Gasteiger partial charge in [0.1, 0.15) is 25.0 Å². The predicted molar refractivity (Wildman–Crippen MR) is 91.9 cm³/mol. The fourth-order valence-electron chi connectivity index (χ4n) is 4.82. The molecule has 8 heteroatoms. The summed E-state index contributed by atoms with van der Waals surface area (Å²) in [5, 5.41) is 16.5. The van der Waals surface area contributed by atoms with E-state index in [0.29, 0.717) is 12.5 Å². The van der Waals surface area contributed by atoms with Gasteiger partial charge in [0.2, 0.25) is 0 Å². The second-order valence-corrected chi connectivity index (χ2v) is 7.85. The first-order chi connectivity index (χ1) is 12.3. The zero-order valence-electron chi connectivity index (χ0n) is 14.8. The number of piperidine rings is 2. The number of nitrogens with zero attached hydrogens (tertiary/aromatic N) is 7. The van der Waals surface area contributed by atoms with Crippen molar-refractivity contribution >= 4 is 0 Å². The van der Waals surface area contributed by atoms with Gasteiger partial charge in [-0.05, 0) is 56.8 Å². The average Bonchev–Trinajstić information content (AvgIpc) is 3.14. The molecule has 2 saturated heterocycles. The van der Waals surface area contributed by atoms with Gasteiger partial charge in [0, 0.05) is 19.5 Å². The SMILES string of the molecule is Cn1c(Cn2cncn2)nnc1C1CCN(CC2[C@H]3CNC[C@@H]23)CC1. The molecule has 0 amide bonds. The van der Waals surface area contributed by atoms with E-state index in [2.05, 4.69) is 42.1 Å². The van der Waals surface area contributed by atoms with Gasteiger partial charge in [-0.2, -0.15) is 5.10 Å². The Morgan fingerprint density at radius 1 is 1.16 bits per heavy atom. The molecule has 3 atom stereocenters. The van der Waals surface area contributed by atoms with Crippen LogP contribution in [0.3, 0.4) is 0 Å². The molecule has 1 saturated carbocycles. The predicted octanol–water partition coefficient (Wildman–Crippen LogP) is 0.0997. The van der Waals surface area contributed by atoms with Gasteiger partial charge in [-0.15, -0.1) is 10.2 Å². The second-order valence-electron chi connectivity index (χ2n) is 7.85. The third kappa shape index (κ3) is 2.87. The topological polar surface area (TPSA) is 76.7 Å². The molecule has 0 bridgehead atoms. The van der Waals surface area contributed by atoms with Gasteiger partial charge in [-0.1, -0.05) is 0 Å². The lowest BCUT2D eigenvalue weighted by molar-refractivity contribution is 0.193. The molecule has 0 radical (unpaired) electrons. The first kappa shape index (κ1) is 15.5. The summed E-state index contributed by atoms with van der Waals surface area (Å²) in [6, 6.07) is 0. The van der Waals surface area contributed by atoms with Gasteiger partial charge in [0.25, 0.3) is 0 Å². The number of hydrogen-bond acceptors (Lipinski definition) is 6.